The molecule has 1 aromatic rings. The van der Waals surface area contributed by atoms with Gasteiger partial charge in [-0.05, 0) is 5.46 Å². The molecule has 0 N–H and O–H groups in total. The van der Waals surface area contributed by atoms with Crippen LogP contribution in [0.25, 0.3) is 0 Å². The fraction of sp³-hybridized carbons (Fsp3) is 0. The number of halogens is 5. The van der Waals surface area contributed by atoms with Gasteiger partial charge in [0.05, 0.1) is 0 Å². The Kier molecular flexibility index (Phi) is 10.6. The van der Waals surface area contributed by atoms with Gasteiger partial charge in [0, 0.05) is 0 Å². The summed E-state index contributed by atoms with van der Waals surface area (Å²) < 4.78 is 62.0. The van der Waals surface area contributed by atoms with Crippen molar-refractivity contribution in [3.63, 3.8) is 0 Å². The summed E-state index contributed by atoms with van der Waals surface area (Å²) in [7, 11) is -3.26. The molecule has 0 fully saturated rings. The number of hydrogen-bond donors (Lipinski definition) is 0. The molecule has 2 nitrogen and oxygen atoms in total. The minimum atomic E-state index is -3.26. The summed E-state index contributed by atoms with van der Waals surface area (Å²) in [6, 6.07) is 0. The maximum absolute atomic E-state index is 12.5. The van der Waals surface area contributed by atoms with Crippen LogP contribution in [0.15, 0.2) is 0 Å². The van der Waals surface area contributed by atoms with Gasteiger partial charge in [-0.1, -0.05) is 7.12 Å². The molecule has 76 valence electrons. The molecule has 0 aliphatic heterocycles. The van der Waals surface area contributed by atoms with Crippen LogP contribution in [0.2, 0.25) is 0 Å². The minimum Gasteiger partial charge on any atom is -0.889 e. The molecule has 0 radical (unpaired) electrons. The molecule has 0 unspecified atom stereocenters. The third kappa shape index (κ3) is 4.07. The van der Waals surface area contributed by atoms with Crippen molar-refractivity contribution in [1.29, 1.82) is 0 Å². The molecule has 0 amide bonds. The molecule has 0 heterocycles. The molecule has 10 heteroatoms. The van der Waals surface area contributed by atoms with E-state index < -0.39 is 41.7 Å². The zero-order valence-electron chi connectivity index (χ0n) is 8.28. The van der Waals surface area contributed by atoms with Crippen molar-refractivity contribution >= 4 is 12.6 Å². The van der Waals surface area contributed by atoms with Crippen LogP contribution in [0.4, 0.5) is 22.0 Å². The quantitative estimate of drug-likeness (QED) is 0.223. The predicted octanol–water partition coefficient (Wildman–Crippen LogP) is -7.19. The van der Waals surface area contributed by atoms with E-state index in [9.17, 15) is 32.0 Å². The van der Waals surface area contributed by atoms with Crippen LogP contribution in [-0.2, 0) is 0 Å². The molecule has 0 bridgehead atoms. The van der Waals surface area contributed by atoms with Gasteiger partial charge in [0.25, 0.3) is 0 Å². The summed E-state index contributed by atoms with van der Waals surface area (Å²) in [6.07, 6.45) is 0. The largest absolute Gasteiger partial charge is 1.00 e. The van der Waals surface area contributed by atoms with Gasteiger partial charge in [0.1, 0.15) is 0 Å². The zero-order valence-corrected chi connectivity index (χ0v) is 14.5. The van der Waals surface area contributed by atoms with Crippen LogP contribution < -0.4 is 118 Å². The van der Waals surface area contributed by atoms with Gasteiger partial charge in [0.2, 0.25) is 0 Å². The fourth-order valence-corrected chi connectivity index (χ4v) is 0.829. The molecule has 0 atom stereocenters. The molecule has 1 aromatic carbocycles. The first-order chi connectivity index (χ1) is 6.37. The van der Waals surface area contributed by atoms with Crippen molar-refractivity contribution in [2.24, 2.45) is 0 Å². The van der Waals surface area contributed by atoms with E-state index in [-0.39, 0.29) is 103 Å². The summed E-state index contributed by atoms with van der Waals surface area (Å²) in [5.41, 5.74) is -1.89. The maximum Gasteiger partial charge on any atom is 1.00 e. The van der Waals surface area contributed by atoms with E-state index in [0.29, 0.717) is 0 Å². The normalized spacial score (nSPS) is 9.19. The van der Waals surface area contributed by atoms with E-state index in [1.807, 2.05) is 0 Å². The van der Waals surface area contributed by atoms with E-state index in [1.165, 1.54) is 0 Å². The van der Waals surface area contributed by atoms with E-state index in [4.69, 9.17) is 0 Å². The van der Waals surface area contributed by atoms with Crippen LogP contribution in [0, 0.1) is 29.1 Å². The Labute approximate surface area is 173 Å². The molecular weight excluding hydrogens is 288 g/mol. The molecular formula is C6BF5K2O2. The summed E-state index contributed by atoms with van der Waals surface area (Å²) in [6.45, 7) is 0. The summed E-state index contributed by atoms with van der Waals surface area (Å²) in [4.78, 5) is 0. The Balaban J connectivity index is 0. The Morgan fingerprint density at radius 2 is 0.875 bits per heavy atom. The number of hydrogen-bond acceptors (Lipinski definition) is 2. The van der Waals surface area contributed by atoms with Crippen molar-refractivity contribution in [3.8, 4) is 0 Å². The molecule has 1 rings (SSSR count). The van der Waals surface area contributed by atoms with Crippen LogP contribution in [0.1, 0.15) is 0 Å². The van der Waals surface area contributed by atoms with Crippen LogP contribution in [-0.4, -0.2) is 7.12 Å². The monoisotopic (exact) mass is 288 g/mol. The average Bonchev–Trinajstić information content (AvgIpc) is 2.11. The summed E-state index contributed by atoms with van der Waals surface area (Å²) in [5, 5.41) is 20.2. The van der Waals surface area contributed by atoms with E-state index in [0.717, 1.165) is 0 Å². The Hall–Kier alpha value is 2.13. The third-order valence-electron chi connectivity index (χ3n) is 1.48. The standard InChI is InChI=1S/C6BF5O2.2K/c8-2-1(7(13)14)3(9)5(11)6(12)4(2)10;;/q-2;2*+1. The predicted molar refractivity (Wildman–Crippen MR) is 31.6 cm³/mol. The number of benzene rings is 1. The van der Waals surface area contributed by atoms with Gasteiger partial charge in [-0.15, -0.1) is 0 Å². The van der Waals surface area contributed by atoms with Gasteiger partial charge < -0.3 is 10.0 Å². The van der Waals surface area contributed by atoms with Gasteiger partial charge in [-0.25, -0.2) is 22.0 Å². The summed E-state index contributed by atoms with van der Waals surface area (Å²) in [5.74, 6) is -11.7. The average molecular weight is 288 g/mol. The van der Waals surface area contributed by atoms with Gasteiger partial charge in [0.15, 0.2) is 29.1 Å². The number of rotatable bonds is 1. The molecule has 0 aliphatic carbocycles. The SMILES string of the molecule is [K+].[K+].[O-]B([O-])c1c(F)c(F)c(F)c(F)c1F. The minimum absolute atomic E-state index is 0. The van der Waals surface area contributed by atoms with Crippen molar-refractivity contribution in [2.75, 3.05) is 0 Å². The topological polar surface area (TPSA) is 46.1 Å². The van der Waals surface area contributed by atoms with Crippen LogP contribution in [0.5, 0.6) is 0 Å². The third-order valence-corrected chi connectivity index (χ3v) is 1.48. The first-order valence-electron chi connectivity index (χ1n) is 3.20. The van der Waals surface area contributed by atoms with E-state index in [1.54, 1.807) is 0 Å². The first-order valence-corrected chi connectivity index (χ1v) is 3.20. The van der Waals surface area contributed by atoms with Gasteiger partial charge in [-0.3, -0.25) is 0 Å². The molecule has 0 spiro atoms. The van der Waals surface area contributed by atoms with E-state index in [2.05, 4.69) is 0 Å². The molecule has 0 saturated heterocycles. The smallest absolute Gasteiger partial charge is 0.889 e. The fourth-order valence-electron chi connectivity index (χ4n) is 0.829. The van der Waals surface area contributed by atoms with Crippen molar-refractivity contribution < 1.29 is 135 Å². The second-order valence-electron chi connectivity index (χ2n) is 2.32. The van der Waals surface area contributed by atoms with Crippen molar-refractivity contribution in [1.82, 2.24) is 0 Å². The van der Waals surface area contributed by atoms with E-state index >= 15 is 0 Å². The Morgan fingerprint density at radius 1 is 0.625 bits per heavy atom. The Morgan fingerprint density at radius 3 is 1.12 bits per heavy atom. The Bertz CT molecular complexity index is 361. The first kappa shape index (κ1) is 20.4. The van der Waals surface area contributed by atoms with Crippen molar-refractivity contribution in [2.45, 2.75) is 0 Å². The van der Waals surface area contributed by atoms with Crippen molar-refractivity contribution in [3.05, 3.63) is 29.1 Å². The maximum atomic E-state index is 12.5. The molecule has 0 aliphatic rings. The van der Waals surface area contributed by atoms with Gasteiger partial charge >= 0.3 is 103 Å². The van der Waals surface area contributed by atoms with Gasteiger partial charge in [-0.2, -0.15) is 0 Å². The zero-order chi connectivity index (χ0) is 11.0. The second-order valence-corrected chi connectivity index (χ2v) is 2.32. The van der Waals surface area contributed by atoms with Crippen LogP contribution in [0.3, 0.4) is 0 Å². The molecule has 0 aromatic heterocycles. The van der Waals surface area contributed by atoms with Crippen LogP contribution >= 0.6 is 0 Å². The molecule has 0 saturated carbocycles. The summed E-state index contributed by atoms with van der Waals surface area (Å²) >= 11 is 0. The second kappa shape index (κ2) is 8.33. The molecule has 16 heavy (non-hydrogen) atoms.